The third-order valence-corrected chi connectivity index (χ3v) is 6.66. The predicted octanol–water partition coefficient (Wildman–Crippen LogP) is 4.79. The molecule has 1 aromatic carbocycles. The van der Waals surface area contributed by atoms with Crippen molar-refractivity contribution < 1.29 is 19.5 Å². The molecule has 2 aromatic heterocycles. The van der Waals surface area contributed by atoms with Gasteiger partial charge >= 0.3 is 5.97 Å². The molecule has 0 spiro atoms. The summed E-state index contributed by atoms with van der Waals surface area (Å²) in [6.07, 6.45) is -0.283. The van der Waals surface area contributed by atoms with Crippen LogP contribution >= 0.6 is 34.4 Å². The topological polar surface area (TPSA) is 108 Å². The van der Waals surface area contributed by atoms with E-state index in [4.69, 9.17) is 5.11 Å². The zero-order valence-electron chi connectivity index (χ0n) is 16.0. The average molecular weight is 462 g/mol. The molecule has 1 atom stereocenters. The highest BCUT2D eigenvalue weighted by molar-refractivity contribution is 8.00. The van der Waals surface area contributed by atoms with E-state index in [0.29, 0.717) is 10.8 Å². The molecule has 30 heavy (non-hydrogen) atoms. The van der Waals surface area contributed by atoms with E-state index >= 15 is 0 Å². The molecule has 3 aromatic rings. The Balaban J connectivity index is 1.50. The van der Waals surface area contributed by atoms with Crippen molar-refractivity contribution in [2.75, 3.05) is 10.6 Å². The minimum absolute atomic E-state index is 0.0754. The van der Waals surface area contributed by atoms with Crippen LogP contribution in [0.3, 0.4) is 0 Å². The number of aliphatic carboxylic acids is 1. The van der Waals surface area contributed by atoms with Crippen LogP contribution in [-0.2, 0) is 14.4 Å². The van der Waals surface area contributed by atoms with Crippen molar-refractivity contribution in [3.63, 3.8) is 0 Å². The molecule has 2 heterocycles. The smallest absolute Gasteiger partial charge is 0.303 e. The van der Waals surface area contributed by atoms with E-state index in [9.17, 15) is 14.4 Å². The molecule has 3 N–H and O–H groups in total. The SMILES string of the molecule is CC(Sc1ccc(NC(=O)CCC(=O)O)cc1)C(=O)Nc1nc(-c2cccs2)cs1. The van der Waals surface area contributed by atoms with Crippen LogP contribution in [0.2, 0.25) is 0 Å². The Morgan fingerprint density at radius 3 is 2.53 bits per heavy atom. The van der Waals surface area contributed by atoms with Crippen LogP contribution in [0.25, 0.3) is 10.6 Å². The van der Waals surface area contributed by atoms with E-state index in [1.165, 1.54) is 23.1 Å². The number of nitrogens with one attached hydrogen (secondary N) is 2. The molecule has 3 rings (SSSR count). The zero-order valence-corrected chi connectivity index (χ0v) is 18.4. The summed E-state index contributed by atoms with van der Waals surface area (Å²) >= 11 is 4.38. The fourth-order valence-electron chi connectivity index (χ4n) is 2.39. The van der Waals surface area contributed by atoms with Gasteiger partial charge in [0.05, 0.1) is 22.2 Å². The predicted molar refractivity (Wildman–Crippen MR) is 121 cm³/mol. The summed E-state index contributed by atoms with van der Waals surface area (Å²) in [6, 6.07) is 11.0. The number of thioether (sulfide) groups is 1. The molecular weight excluding hydrogens is 442 g/mol. The number of hydrogen-bond donors (Lipinski definition) is 3. The summed E-state index contributed by atoms with van der Waals surface area (Å²) < 4.78 is 0. The number of thiazole rings is 1. The van der Waals surface area contributed by atoms with Gasteiger partial charge in [-0.3, -0.25) is 14.4 Å². The number of carboxylic acids is 1. The highest BCUT2D eigenvalue weighted by Gasteiger charge is 2.17. The van der Waals surface area contributed by atoms with Crippen molar-refractivity contribution in [1.82, 2.24) is 4.98 Å². The minimum atomic E-state index is -1.01. The molecule has 0 bridgehead atoms. The van der Waals surface area contributed by atoms with Crippen molar-refractivity contribution >= 4 is 63.0 Å². The van der Waals surface area contributed by atoms with E-state index in [1.807, 2.05) is 29.8 Å². The normalized spacial score (nSPS) is 11.6. The van der Waals surface area contributed by atoms with Gasteiger partial charge in [0, 0.05) is 22.4 Å². The van der Waals surface area contributed by atoms with Crippen molar-refractivity contribution in [1.29, 1.82) is 0 Å². The second-order valence-corrected chi connectivity index (χ2v) is 9.45. The van der Waals surface area contributed by atoms with Crippen LogP contribution in [0, 0.1) is 0 Å². The summed E-state index contributed by atoms with van der Waals surface area (Å²) in [5.41, 5.74) is 1.43. The number of benzene rings is 1. The van der Waals surface area contributed by atoms with E-state index in [-0.39, 0.29) is 29.9 Å². The summed E-state index contributed by atoms with van der Waals surface area (Å²) in [5.74, 6) is -1.50. The number of aromatic nitrogens is 1. The molecule has 156 valence electrons. The zero-order chi connectivity index (χ0) is 21.5. The second-order valence-electron chi connectivity index (χ2n) is 6.23. The van der Waals surface area contributed by atoms with Crippen LogP contribution in [0.4, 0.5) is 10.8 Å². The first-order valence-electron chi connectivity index (χ1n) is 8.99. The van der Waals surface area contributed by atoms with Crippen LogP contribution in [0.15, 0.2) is 52.1 Å². The molecule has 0 saturated carbocycles. The van der Waals surface area contributed by atoms with Crippen molar-refractivity contribution in [2.24, 2.45) is 0 Å². The second kappa shape index (κ2) is 10.4. The Morgan fingerprint density at radius 1 is 1.10 bits per heavy atom. The molecule has 0 aliphatic heterocycles. The third-order valence-electron chi connectivity index (χ3n) is 3.89. The number of rotatable bonds is 9. The quantitative estimate of drug-likeness (QED) is 0.395. The van der Waals surface area contributed by atoms with E-state index in [2.05, 4.69) is 15.6 Å². The van der Waals surface area contributed by atoms with Gasteiger partial charge in [-0.2, -0.15) is 0 Å². The van der Waals surface area contributed by atoms with Crippen LogP contribution in [0.5, 0.6) is 0 Å². The number of thiophene rings is 1. The van der Waals surface area contributed by atoms with Gasteiger partial charge in [0.25, 0.3) is 0 Å². The Hall–Kier alpha value is -2.69. The maximum absolute atomic E-state index is 12.5. The Bertz CT molecular complexity index is 1020. The monoisotopic (exact) mass is 461 g/mol. The maximum Gasteiger partial charge on any atom is 0.303 e. The minimum Gasteiger partial charge on any atom is -0.481 e. The lowest BCUT2D eigenvalue weighted by molar-refractivity contribution is -0.138. The fourth-order valence-corrected chi connectivity index (χ4v) is 4.74. The summed E-state index contributed by atoms with van der Waals surface area (Å²) in [5, 5.41) is 18.2. The Kier molecular flexibility index (Phi) is 7.61. The molecule has 1 unspecified atom stereocenters. The van der Waals surface area contributed by atoms with Gasteiger partial charge in [-0.25, -0.2) is 4.98 Å². The van der Waals surface area contributed by atoms with E-state index < -0.39 is 5.97 Å². The molecule has 10 heteroatoms. The molecule has 0 aliphatic carbocycles. The first-order valence-corrected chi connectivity index (χ1v) is 11.6. The lowest BCUT2D eigenvalue weighted by atomic mass is 10.2. The third kappa shape index (κ3) is 6.41. The molecular formula is C20H19N3O4S3. The summed E-state index contributed by atoms with van der Waals surface area (Å²) in [4.78, 5) is 41.1. The van der Waals surface area contributed by atoms with Crippen molar-refractivity contribution in [3.05, 3.63) is 47.2 Å². The fraction of sp³-hybridized carbons (Fsp3) is 0.200. The molecule has 2 amide bonds. The largest absolute Gasteiger partial charge is 0.481 e. The van der Waals surface area contributed by atoms with Crippen LogP contribution < -0.4 is 10.6 Å². The van der Waals surface area contributed by atoms with Gasteiger partial charge < -0.3 is 15.7 Å². The van der Waals surface area contributed by atoms with Gasteiger partial charge in [0.1, 0.15) is 0 Å². The molecule has 7 nitrogen and oxygen atoms in total. The van der Waals surface area contributed by atoms with Gasteiger partial charge in [0.2, 0.25) is 11.8 Å². The van der Waals surface area contributed by atoms with E-state index in [1.54, 1.807) is 35.6 Å². The number of amides is 2. The summed E-state index contributed by atoms with van der Waals surface area (Å²) in [6.45, 7) is 1.81. The van der Waals surface area contributed by atoms with Crippen LogP contribution in [-0.4, -0.2) is 33.1 Å². The van der Waals surface area contributed by atoms with Gasteiger partial charge in [-0.1, -0.05) is 6.07 Å². The number of hydrogen-bond acceptors (Lipinski definition) is 7. The van der Waals surface area contributed by atoms with Crippen molar-refractivity contribution in [2.45, 2.75) is 29.9 Å². The van der Waals surface area contributed by atoms with E-state index in [0.717, 1.165) is 15.5 Å². The molecule has 0 radical (unpaired) electrons. The lowest BCUT2D eigenvalue weighted by Gasteiger charge is -2.11. The average Bonchev–Trinajstić information content (AvgIpc) is 3.39. The van der Waals surface area contributed by atoms with Gasteiger partial charge in [0.15, 0.2) is 5.13 Å². The number of carbonyl (C=O) groups excluding carboxylic acids is 2. The Morgan fingerprint density at radius 2 is 1.87 bits per heavy atom. The first-order chi connectivity index (χ1) is 14.4. The Labute approximate surface area is 185 Å². The standard InChI is InChI=1S/C20H19N3O4S3/c1-12(19(27)23-20-22-15(11-29-20)16-3-2-10-28-16)30-14-6-4-13(5-7-14)21-17(24)8-9-18(25)26/h2-7,10-12H,8-9H2,1H3,(H,21,24)(H,25,26)(H,22,23,27). The number of carbonyl (C=O) groups is 3. The number of anilines is 2. The molecule has 0 saturated heterocycles. The van der Waals surface area contributed by atoms with Crippen molar-refractivity contribution in [3.8, 4) is 10.6 Å². The lowest BCUT2D eigenvalue weighted by Crippen LogP contribution is -2.22. The first kappa shape index (κ1) is 22.0. The van der Waals surface area contributed by atoms with Gasteiger partial charge in [-0.15, -0.1) is 34.4 Å². The van der Waals surface area contributed by atoms with Crippen LogP contribution in [0.1, 0.15) is 19.8 Å². The number of nitrogens with zero attached hydrogens (tertiary/aromatic N) is 1. The maximum atomic E-state index is 12.5. The summed E-state index contributed by atoms with van der Waals surface area (Å²) in [7, 11) is 0. The number of carboxylic acid groups (broad SMARTS) is 1. The molecule has 0 fully saturated rings. The molecule has 0 aliphatic rings. The highest BCUT2D eigenvalue weighted by Crippen LogP contribution is 2.30. The highest BCUT2D eigenvalue weighted by atomic mass is 32.2. The van der Waals surface area contributed by atoms with Gasteiger partial charge in [-0.05, 0) is 42.6 Å².